The second kappa shape index (κ2) is 10.6. The second-order valence-electron chi connectivity index (χ2n) is 8.01. The van der Waals surface area contributed by atoms with E-state index in [1.165, 1.54) is 11.1 Å². The molecule has 1 atom stereocenters. The van der Waals surface area contributed by atoms with Crippen molar-refractivity contribution in [2.75, 3.05) is 6.54 Å². The summed E-state index contributed by atoms with van der Waals surface area (Å²) < 4.78 is 3.51. The molecule has 1 unspecified atom stereocenters. The average Bonchev–Trinajstić information content (AvgIpc) is 3.50. The van der Waals surface area contributed by atoms with Gasteiger partial charge in [-0.05, 0) is 51.0 Å². The fourth-order valence-corrected chi connectivity index (χ4v) is 3.27. The lowest BCUT2D eigenvalue weighted by Gasteiger charge is -2.06. The Balaban J connectivity index is 1.29. The van der Waals surface area contributed by atoms with E-state index in [2.05, 4.69) is 75.6 Å². The first-order valence-corrected chi connectivity index (χ1v) is 11.1. The maximum Gasteiger partial charge on any atom is 0.124 e. The van der Waals surface area contributed by atoms with Crippen LogP contribution in [0.2, 0.25) is 0 Å². The van der Waals surface area contributed by atoms with Crippen molar-refractivity contribution in [3.63, 3.8) is 0 Å². The molecule has 0 spiro atoms. The molecule has 0 aliphatic heterocycles. The number of rotatable bonds is 9. The zero-order chi connectivity index (χ0) is 23.0. The lowest BCUT2D eigenvalue weighted by atomic mass is 10.1. The zero-order valence-corrected chi connectivity index (χ0v) is 19.2. The summed E-state index contributed by atoms with van der Waals surface area (Å²) in [4.78, 5) is 9.19. The van der Waals surface area contributed by atoms with Crippen LogP contribution in [-0.2, 0) is 0 Å². The highest BCUT2D eigenvalue weighted by Crippen LogP contribution is 2.10. The molecule has 33 heavy (non-hydrogen) atoms. The Morgan fingerprint density at radius 2 is 1.30 bits per heavy atom. The van der Waals surface area contributed by atoms with Crippen LogP contribution in [0.4, 0.5) is 0 Å². The highest BCUT2D eigenvalue weighted by molar-refractivity contribution is 5.77. The van der Waals surface area contributed by atoms with Gasteiger partial charge < -0.3 is 0 Å². The maximum absolute atomic E-state index is 4.68. The van der Waals surface area contributed by atoms with Crippen molar-refractivity contribution in [3.05, 3.63) is 83.4 Å². The van der Waals surface area contributed by atoms with E-state index in [0.29, 0.717) is 6.54 Å². The van der Waals surface area contributed by atoms with Crippen molar-refractivity contribution >= 4 is 12.4 Å². The van der Waals surface area contributed by atoms with Crippen molar-refractivity contribution in [1.82, 2.24) is 30.0 Å². The van der Waals surface area contributed by atoms with Crippen molar-refractivity contribution in [2.45, 2.75) is 39.7 Å². The molecule has 0 saturated carbocycles. The van der Waals surface area contributed by atoms with Crippen molar-refractivity contribution in [3.8, 4) is 11.4 Å². The van der Waals surface area contributed by atoms with Crippen LogP contribution in [0.15, 0.2) is 70.9 Å². The van der Waals surface area contributed by atoms with E-state index < -0.39 is 0 Å². The Kier molecular flexibility index (Phi) is 7.14. The average molecular weight is 441 g/mol. The van der Waals surface area contributed by atoms with Gasteiger partial charge in [0.15, 0.2) is 0 Å². The quantitative estimate of drug-likeness (QED) is 0.366. The van der Waals surface area contributed by atoms with Crippen LogP contribution in [0.5, 0.6) is 0 Å². The molecule has 0 bridgehead atoms. The number of benzene rings is 2. The third-order valence-corrected chi connectivity index (χ3v) is 5.32. The van der Waals surface area contributed by atoms with Gasteiger partial charge in [0.1, 0.15) is 11.4 Å². The minimum Gasteiger partial charge on any atom is -0.291 e. The number of aryl methyl sites for hydroxylation is 2. The Morgan fingerprint density at radius 3 is 1.82 bits per heavy atom. The summed E-state index contributed by atoms with van der Waals surface area (Å²) in [5, 5.41) is 16.8. The Labute approximate surface area is 193 Å². The van der Waals surface area contributed by atoms with Gasteiger partial charge in [0.25, 0.3) is 0 Å². The molecule has 2 aromatic carbocycles. The van der Waals surface area contributed by atoms with Gasteiger partial charge in [0.2, 0.25) is 0 Å². The third kappa shape index (κ3) is 6.06. The number of aliphatic imine (C=N–C) groups is 2. The number of hydrogen-bond acceptors (Lipinski definition) is 6. The van der Waals surface area contributed by atoms with Gasteiger partial charge in [-0.2, -0.15) is 0 Å². The summed E-state index contributed by atoms with van der Waals surface area (Å²) in [6.07, 6.45) is 9.10. The molecule has 2 heterocycles. The molecule has 0 amide bonds. The smallest absolute Gasteiger partial charge is 0.124 e. The van der Waals surface area contributed by atoms with Gasteiger partial charge in [-0.15, -0.1) is 10.2 Å². The first-order chi connectivity index (χ1) is 16.1. The Morgan fingerprint density at radius 1 is 0.788 bits per heavy atom. The van der Waals surface area contributed by atoms with E-state index in [9.17, 15) is 0 Å². The molecular weight excluding hydrogens is 412 g/mol. The lowest BCUT2D eigenvalue weighted by molar-refractivity contribution is 0.610. The standard InChI is InChI=1S/C25H28N8/c1-4-21(27-16-23-18-33(31-29-23)25-11-7-20(3)8-12-25)13-14-26-15-22-17-32(30-28-22)24-9-5-19(2)6-10-24/h5-12,15-18,21H,4,13-14H2,1-3H3. The second-order valence-corrected chi connectivity index (χ2v) is 8.01. The zero-order valence-electron chi connectivity index (χ0n) is 19.2. The summed E-state index contributed by atoms with van der Waals surface area (Å²) in [5.41, 5.74) is 5.86. The minimum absolute atomic E-state index is 0.176. The molecule has 0 aliphatic carbocycles. The molecule has 4 rings (SSSR count). The molecule has 0 aliphatic rings. The number of hydrogen-bond donors (Lipinski definition) is 0. The largest absolute Gasteiger partial charge is 0.291 e. The van der Waals surface area contributed by atoms with E-state index >= 15 is 0 Å². The van der Waals surface area contributed by atoms with Gasteiger partial charge >= 0.3 is 0 Å². The lowest BCUT2D eigenvalue weighted by Crippen LogP contribution is -2.05. The van der Waals surface area contributed by atoms with Crippen LogP contribution in [0.3, 0.4) is 0 Å². The van der Waals surface area contributed by atoms with Crippen molar-refractivity contribution in [1.29, 1.82) is 0 Å². The van der Waals surface area contributed by atoms with Crippen LogP contribution < -0.4 is 0 Å². The molecule has 8 heteroatoms. The normalized spacial score (nSPS) is 12.7. The summed E-state index contributed by atoms with van der Waals surface area (Å²) in [7, 11) is 0. The molecule has 8 nitrogen and oxygen atoms in total. The topological polar surface area (TPSA) is 86.1 Å². The minimum atomic E-state index is 0.176. The summed E-state index contributed by atoms with van der Waals surface area (Å²) in [5.74, 6) is 0. The molecule has 0 N–H and O–H groups in total. The van der Waals surface area contributed by atoms with Gasteiger partial charge in [-0.25, -0.2) is 9.36 Å². The highest BCUT2D eigenvalue weighted by atomic mass is 15.4. The van der Waals surface area contributed by atoms with E-state index in [4.69, 9.17) is 0 Å². The summed E-state index contributed by atoms with van der Waals surface area (Å²) >= 11 is 0. The van der Waals surface area contributed by atoms with Crippen molar-refractivity contribution in [2.24, 2.45) is 9.98 Å². The van der Waals surface area contributed by atoms with E-state index in [-0.39, 0.29) is 6.04 Å². The Hall–Kier alpha value is -3.94. The molecule has 0 saturated heterocycles. The van der Waals surface area contributed by atoms with E-state index in [1.807, 2.05) is 36.7 Å². The SMILES string of the molecule is CCC(CCN=Cc1cn(-c2ccc(C)cc2)nn1)N=Cc1cn(-c2ccc(C)cc2)nn1. The van der Waals surface area contributed by atoms with Crippen LogP contribution in [0.25, 0.3) is 11.4 Å². The first kappa shape index (κ1) is 22.3. The number of nitrogens with zero attached hydrogens (tertiary/aromatic N) is 8. The third-order valence-electron chi connectivity index (χ3n) is 5.32. The fourth-order valence-electron chi connectivity index (χ4n) is 3.27. The summed E-state index contributed by atoms with van der Waals surface area (Å²) in [6.45, 7) is 6.92. The molecule has 4 aromatic rings. The molecule has 0 fully saturated rings. The Bertz CT molecular complexity index is 1220. The van der Waals surface area contributed by atoms with E-state index in [1.54, 1.807) is 21.8 Å². The predicted octanol–water partition coefficient (Wildman–Crippen LogP) is 4.17. The molecule has 0 radical (unpaired) electrons. The van der Waals surface area contributed by atoms with Crippen LogP contribution >= 0.6 is 0 Å². The first-order valence-electron chi connectivity index (χ1n) is 11.1. The van der Waals surface area contributed by atoms with Gasteiger partial charge in [-0.1, -0.05) is 52.7 Å². The predicted molar refractivity (Wildman–Crippen MR) is 131 cm³/mol. The van der Waals surface area contributed by atoms with Crippen LogP contribution in [0, 0.1) is 13.8 Å². The number of aromatic nitrogens is 6. The van der Waals surface area contributed by atoms with Gasteiger partial charge in [-0.3, -0.25) is 9.98 Å². The van der Waals surface area contributed by atoms with Crippen molar-refractivity contribution < 1.29 is 0 Å². The summed E-state index contributed by atoms with van der Waals surface area (Å²) in [6, 6.07) is 16.5. The highest BCUT2D eigenvalue weighted by Gasteiger charge is 2.05. The molecular formula is C25H28N8. The fraction of sp³-hybridized carbons (Fsp3) is 0.280. The van der Waals surface area contributed by atoms with Gasteiger partial charge in [0, 0.05) is 6.54 Å². The molecule has 168 valence electrons. The monoisotopic (exact) mass is 440 g/mol. The van der Waals surface area contributed by atoms with Gasteiger partial charge in [0.05, 0.1) is 42.2 Å². The van der Waals surface area contributed by atoms with E-state index in [0.717, 1.165) is 35.6 Å². The van der Waals surface area contributed by atoms with Crippen LogP contribution in [0.1, 0.15) is 42.3 Å². The molecule has 2 aromatic heterocycles. The maximum atomic E-state index is 4.68. The van der Waals surface area contributed by atoms with Crippen LogP contribution in [-0.4, -0.2) is 55.0 Å².